The minimum atomic E-state index is -0.948. The molecule has 1 heterocycles. The Balaban J connectivity index is 1.34. The Bertz CT molecular complexity index is 1110. The van der Waals surface area contributed by atoms with Gasteiger partial charge in [-0.3, -0.25) is 14.2 Å². The maximum Gasteiger partial charge on any atom is 0.419 e. The molecule has 1 aromatic heterocycles. The van der Waals surface area contributed by atoms with E-state index in [1.807, 2.05) is 0 Å². The summed E-state index contributed by atoms with van der Waals surface area (Å²) in [4.78, 5) is 35.5. The van der Waals surface area contributed by atoms with Crippen LogP contribution in [0.1, 0.15) is 29.6 Å². The van der Waals surface area contributed by atoms with Crippen molar-refractivity contribution in [2.45, 2.75) is 25.8 Å². The molecule has 0 radical (unpaired) electrons. The van der Waals surface area contributed by atoms with E-state index < -0.39 is 29.3 Å². The van der Waals surface area contributed by atoms with Crippen molar-refractivity contribution in [3.8, 4) is 0 Å². The second-order valence-electron chi connectivity index (χ2n) is 6.54. The first-order valence-corrected chi connectivity index (χ1v) is 9.43. The molecule has 3 aromatic rings. The summed E-state index contributed by atoms with van der Waals surface area (Å²) in [5, 5.41) is 2.47. The van der Waals surface area contributed by atoms with Gasteiger partial charge in [0.1, 0.15) is 11.6 Å². The van der Waals surface area contributed by atoms with Gasteiger partial charge in [0.05, 0.1) is 17.7 Å². The number of nitrogens with one attached hydrogen (secondary N) is 1. The number of fused-ring (bicyclic) bond motifs is 1. The fraction of sp³-hybridized carbons (Fsp3) is 0.286. The van der Waals surface area contributed by atoms with Crippen LogP contribution in [0.25, 0.3) is 11.1 Å². The molecule has 0 atom stereocenters. The maximum absolute atomic E-state index is 13.5. The average molecular weight is 418 g/mol. The molecule has 0 bridgehead atoms. The van der Waals surface area contributed by atoms with E-state index in [1.54, 1.807) is 24.3 Å². The van der Waals surface area contributed by atoms with E-state index in [1.165, 1.54) is 4.57 Å². The highest BCUT2D eigenvalue weighted by molar-refractivity contribution is 5.94. The van der Waals surface area contributed by atoms with Crippen molar-refractivity contribution in [3.05, 3.63) is 70.2 Å². The predicted octanol–water partition coefficient (Wildman–Crippen LogP) is 3.02. The number of amides is 1. The minimum absolute atomic E-state index is 0.0702. The van der Waals surface area contributed by atoms with Gasteiger partial charge in [0.2, 0.25) is 0 Å². The molecule has 1 amide bonds. The number of oxazole rings is 1. The van der Waals surface area contributed by atoms with Crippen LogP contribution in [0.2, 0.25) is 0 Å². The van der Waals surface area contributed by atoms with Crippen molar-refractivity contribution in [2.75, 3.05) is 13.2 Å². The molecule has 3 rings (SSSR count). The summed E-state index contributed by atoms with van der Waals surface area (Å²) in [6, 6.07) is 9.74. The second-order valence-corrected chi connectivity index (χ2v) is 6.54. The lowest BCUT2D eigenvalue weighted by Gasteiger charge is -2.07. The van der Waals surface area contributed by atoms with Crippen LogP contribution in [-0.2, 0) is 16.1 Å². The molecule has 0 spiro atoms. The zero-order valence-corrected chi connectivity index (χ0v) is 16.0. The highest BCUT2D eigenvalue weighted by atomic mass is 19.1. The van der Waals surface area contributed by atoms with Gasteiger partial charge in [0.15, 0.2) is 5.58 Å². The zero-order valence-electron chi connectivity index (χ0n) is 16.0. The number of benzene rings is 2. The lowest BCUT2D eigenvalue weighted by atomic mass is 10.2. The molecule has 0 aliphatic rings. The number of ether oxygens (including phenoxy) is 1. The number of carbonyl (C=O) groups is 2. The van der Waals surface area contributed by atoms with Crippen LogP contribution in [-0.4, -0.2) is 29.6 Å². The van der Waals surface area contributed by atoms with Crippen LogP contribution < -0.4 is 11.1 Å². The number of aromatic nitrogens is 1. The number of rotatable bonds is 9. The van der Waals surface area contributed by atoms with E-state index in [0.29, 0.717) is 36.6 Å². The van der Waals surface area contributed by atoms with Crippen LogP contribution in [0.3, 0.4) is 0 Å². The molecule has 158 valence electrons. The third-order valence-electron chi connectivity index (χ3n) is 4.38. The molecule has 0 aliphatic carbocycles. The Kier molecular flexibility index (Phi) is 6.95. The number of esters is 1. The molecule has 0 aliphatic heterocycles. The number of hydrogen-bond acceptors (Lipinski definition) is 5. The van der Waals surface area contributed by atoms with E-state index in [0.717, 1.165) is 12.1 Å². The zero-order chi connectivity index (χ0) is 21.5. The SMILES string of the molecule is O=C(CCCNC(=O)c1ccc(F)cc1F)OCCCn1c(=O)oc2ccccc21. The molecule has 30 heavy (non-hydrogen) atoms. The molecule has 7 nitrogen and oxygen atoms in total. The lowest BCUT2D eigenvalue weighted by molar-refractivity contribution is -0.143. The summed E-state index contributed by atoms with van der Waals surface area (Å²) in [7, 11) is 0. The van der Waals surface area contributed by atoms with E-state index in [4.69, 9.17) is 9.15 Å². The van der Waals surface area contributed by atoms with Crippen molar-refractivity contribution in [3.63, 3.8) is 0 Å². The summed E-state index contributed by atoms with van der Waals surface area (Å²) in [5.41, 5.74) is 0.921. The Morgan fingerprint density at radius 1 is 1.10 bits per heavy atom. The Labute approximate surface area is 170 Å². The highest BCUT2D eigenvalue weighted by Crippen LogP contribution is 2.12. The van der Waals surface area contributed by atoms with Crippen LogP contribution in [0, 0.1) is 11.6 Å². The Hall–Kier alpha value is -3.49. The van der Waals surface area contributed by atoms with Gasteiger partial charge in [0.25, 0.3) is 5.91 Å². The highest BCUT2D eigenvalue weighted by Gasteiger charge is 2.12. The number of carbonyl (C=O) groups excluding carboxylic acids is 2. The van der Waals surface area contributed by atoms with E-state index >= 15 is 0 Å². The van der Waals surface area contributed by atoms with Crippen molar-refractivity contribution >= 4 is 23.0 Å². The van der Waals surface area contributed by atoms with Crippen molar-refractivity contribution in [1.82, 2.24) is 9.88 Å². The van der Waals surface area contributed by atoms with Crippen LogP contribution in [0.15, 0.2) is 51.7 Å². The Morgan fingerprint density at radius 2 is 1.90 bits per heavy atom. The summed E-state index contributed by atoms with van der Waals surface area (Å²) < 4.78 is 38.1. The van der Waals surface area contributed by atoms with Gasteiger partial charge in [-0.1, -0.05) is 12.1 Å². The number of nitrogens with zero attached hydrogens (tertiary/aromatic N) is 1. The number of hydrogen-bond donors (Lipinski definition) is 1. The summed E-state index contributed by atoms with van der Waals surface area (Å²) in [6.07, 6.45) is 0.815. The van der Waals surface area contributed by atoms with Gasteiger partial charge in [-0.15, -0.1) is 0 Å². The minimum Gasteiger partial charge on any atom is -0.466 e. The molecular weight excluding hydrogens is 398 g/mol. The van der Waals surface area contributed by atoms with Gasteiger partial charge >= 0.3 is 11.7 Å². The van der Waals surface area contributed by atoms with E-state index in [2.05, 4.69) is 5.32 Å². The number of halogens is 2. The number of para-hydroxylation sites is 2. The van der Waals surface area contributed by atoms with Crippen molar-refractivity contribution in [2.24, 2.45) is 0 Å². The van der Waals surface area contributed by atoms with Gasteiger partial charge in [-0.25, -0.2) is 13.6 Å². The maximum atomic E-state index is 13.5. The standard InChI is InChI=1S/C21H20F2N2O5/c22-14-8-9-15(16(23)13-14)20(27)24-10-3-7-19(26)29-12-4-11-25-17-5-1-2-6-18(17)30-21(25)28/h1-2,5-6,8-9,13H,3-4,7,10-12H2,(H,24,27). The fourth-order valence-electron chi connectivity index (χ4n) is 2.91. The van der Waals surface area contributed by atoms with Crippen molar-refractivity contribution < 1.29 is 27.5 Å². The molecule has 0 fully saturated rings. The lowest BCUT2D eigenvalue weighted by Crippen LogP contribution is -2.26. The quantitative estimate of drug-likeness (QED) is 0.426. The number of aryl methyl sites for hydroxylation is 1. The fourth-order valence-corrected chi connectivity index (χ4v) is 2.91. The van der Waals surface area contributed by atoms with Crippen LogP contribution in [0.4, 0.5) is 8.78 Å². The third-order valence-corrected chi connectivity index (χ3v) is 4.38. The summed E-state index contributed by atoms with van der Waals surface area (Å²) in [6.45, 7) is 0.626. The molecule has 0 unspecified atom stereocenters. The normalized spacial score (nSPS) is 10.9. The van der Waals surface area contributed by atoms with Crippen molar-refractivity contribution in [1.29, 1.82) is 0 Å². The summed E-state index contributed by atoms with van der Waals surface area (Å²) in [5.74, 6) is -3.30. The molecule has 0 saturated heterocycles. The molecule has 0 saturated carbocycles. The summed E-state index contributed by atoms with van der Waals surface area (Å²) >= 11 is 0. The topological polar surface area (TPSA) is 90.5 Å². The van der Waals surface area contributed by atoms with Crippen LogP contribution >= 0.6 is 0 Å². The molecular formula is C21H20F2N2O5. The predicted molar refractivity (Wildman–Crippen MR) is 104 cm³/mol. The van der Waals surface area contributed by atoms with Crippen LogP contribution in [0.5, 0.6) is 0 Å². The monoisotopic (exact) mass is 418 g/mol. The molecule has 9 heteroatoms. The Morgan fingerprint density at radius 3 is 2.70 bits per heavy atom. The van der Waals surface area contributed by atoms with E-state index in [-0.39, 0.29) is 25.1 Å². The second kappa shape index (κ2) is 9.82. The van der Waals surface area contributed by atoms with Gasteiger partial charge in [-0.05, 0) is 37.1 Å². The smallest absolute Gasteiger partial charge is 0.419 e. The third kappa shape index (κ3) is 5.31. The van der Waals surface area contributed by atoms with Gasteiger partial charge in [0, 0.05) is 25.6 Å². The largest absolute Gasteiger partial charge is 0.466 e. The first-order chi connectivity index (χ1) is 14.5. The van der Waals surface area contributed by atoms with Gasteiger partial charge in [-0.2, -0.15) is 0 Å². The molecule has 1 N–H and O–H groups in total. The van der Waals surface area contributed by atoms with Gasteiger partial charge < -0.3 is 14.5 Å². The average Bonchev–Trinajstić information content (AvgIpc) is 3.03. The first kappa shape index (κ1) is 21.2. The first-order valence-electron chi connectivity index (χ1n) is 9.43. The molecule has 2 aromatic carbocycles. The van der Waals surface area contributed by atoms with E-state index in [9.17, 15) is 23.2 Å².